The van der Waals surface area contributed by atoms with E-state index < -0.39 is 8.07 Å². The third kappa shape index (κ3) is 2.12. The lowest BCUT2D eigenvalue weighted by atomic mass is 9.49. The van der Waals surface area contributed by atoms with E-state index in [1.165, 1.54) is 0 Å². The molecule has 0 N–H and O–H groups in total. The van der Waals surface area contributed by atoms with Crippen LogP contribution in [0.3, 0.4) is 0 Å². The lowest BCUT2D eigenvalue weighted by Crippen LogP contribution is -2.46. The van der Waals surface area contributed by atoms with Gasteiger partial charge in [0.05, 0.1) is 0 Å². The first-order valence-corrected chi connectivity index (χ1v) is 11.1. The smallest absolute Gasteiger partial charge is 0.0442 e. The maximum atomic E-state index is 2.55. The molecule has 0 nitrogen and oxygen atoms in total. The molecule has 4 aliphatic rings. The molecule has 1 heteroatoms. The van der Waals surface area contributed by atoms with Crippen molar-refractivity contribution in [2.24, 2.45) is 23.2 Å². The summed E-state index contributed by atoms with van der Waals surface area (Å²) < 4.78 is 0. The molecule has 0 spiro atoms. The maximum absolute atomic E-state index is 2.55. The second-order valence-electron chi connectivity index (χ2n) is 8.48. The van der Waals surface area contributed by atoms with E-state index >= 15 is 0 Å². The van der Waals surface area contributed by atoms with Crippen LogP contribution in [0.2, 0.25) is 25.7 Å². The van der Waals surface area contributed by atoms with E-state index in [0.717, 1.165) is 23.2 Å². The van der Waals surface area contributed by atoms with Gasteiger partial charge in [-0.3, -0.25) is 0 Å². The Morgan fingerprint density at radius 1 is 0.875 bits per heavy atom. The molecule has 4 bridgehead atoms. The van der Waals surface area contributed by atoms with E-state index in [1.807, 2.05) is 0 Å². The molecule has 0 radical (unpaired) electrons. The van der Waals surface area contributed by atoms with Crippen LogP contribution >= 0.6 is 0 Å². The van der Waals surface area contributed by atoms with Gasteiger partial charge < -0.3 is 0 Å². The van der Waals surface area contributed by atoms with Crippen molar-refractivity contribution < 1.29 is 0 Å². The molecule has 4 rings (SSSR count). The van der Waals surface area contributed by atoms with Crippen LogP contribution in [-0.2, 0) is 0 Å². The molecule has 92 valence electrons. The van der Waals surface area contributed by atoms with E-state index in [1.54, 1.807) is 51.0 Å². The lowest BCUT2D eigenvalue weighted by Gasteiger charge is -2.57. The van der Waals surface area contributed by atoms with Crippen LogP contribution < -0.4 is 0 Å². The Labute approximate surface area is 102 Å². The monoisotopic (exact) mass is 236 g/mol. The minimum absolute atomic E-state index is 0.810. The van der Waals surface area contributed by atoms with Crippen LogP contribution in [-0.4, -0.2) is 8.07 Å². The van der Waals surface area contributed by atoms with Crippen molar-refractivity contribution in [3.63, 3.8) is 0 Å². The molecule has 4 fully saturated rings. The van der Waals surface area contributed by atoms with Crippen LogP contribution in [0.5, 0.6) is 0 Å². The van der Waals surface area contributed by atoms with Crippen molar-refractivity contribution in [3.05, 3.63) is 0 Å². The van der Waals surface area contributed by atoms with Crippen LogP contribution in [0.15, 0.2) is 0 Å². The summed E-state index contributed by atoms with van der Waals surface area (Å²) in [4.78, 5) is 0. The highest BCUT2D eigenvalue weighted by Gasteiger charge is 2.50. The van der Waals surface area contributed by atoms with Gasteiger partial charge in [0.15, 0.2) is 0 Å². The van der Waals surface area contributed by atoms with E-state index in [-0.39, 0.29) is 0 Å². The summed E-state index contributed by atoms with van der Waals surface area (Å²) in [5.41, 5.74) is 0.842. The molecule has 4 aliphatic carbocycles. The molecule has 0 aromatic carbocycles. The third-order valence-electron chi connectivity index (χ3n) is 5.57. The molecule has 16 heavy (non-hydrogen) atoms. The van der Waals surface area contributed by atoms with Gasteiger partial charge in [-0.25, -0.2) is 0 Å². The highest BCUT2D eigenvalue weighted by molar-refractivity contribution is 6.76. The Hall–Kier alpha value is 0.217. The quantitative estimate of drug-likeness (QED) is 0.609. The molecule has 4 saturated carbocycles. The van der Waals surface area contributed by atoms with Crippen molar-refractivity contribution in [2.45, 2.75) is 70.6 Å². The summed E-state index contributed by atoms with van der Waals surface area (Å²) in [6, 6.07) is 1.58. The van der Waals surface area contributed by atoms with Crippen LogP contribution in [0.1, 0.15) is 44.9 Å². The summed E-state index contributed by atoms with van der Waals surface area (Å²) in [6.45, 7) is 7.65. The van der Waals surface area contributed by atoms with Gasteiger partial charge in [0.2, 0.25) is 0 Å². The zero-order chi connectivity index (χ0) is 11.4. The van der Waals surface area contributed by atoms with E-state index in [4.69, 9.17) is 0 Å². The molecular weight excluding hydrogens is 208 g/mol. The molecule has 0 atom stereocenters. The van der Waals surface area contributed by atoms with Gasteiger partial charge in [0.25, 0.3) is 0 Å². The first-order valence-electron chi connectivity index (χ1n) is 7.44. The predicted molar refractivity (Wildman–Crippen MR) is 73.4 cm³/mol. The zero-order valence-electron chi connectivity index (χ0n) is 11.4. The third-order valence-corrected chi connectivity index (χ3v) is 7.32. The van der Waals surface area contributed by atoms with Crippen molar-refractivity contribution in [3.8, 4) is 0 Å². The molecule has 0 unspecified atom stereocenters. The molecule has 0 saturated heterocycles. The minimum atomic E-state index is -0.810. The summed E-state index contributed by atoms with van der Waals surface area (Å²) in [7, 11) is -0.810. The van der Waals surface area contributed by atoms with Gasteiger partial charge in [-0.05, 0) is 68.1 Å². The van der Waals surface area contributed by atoms with Crippen molar-refractivity contribution in [1.82, 2.24) is 0 Å². The number of hydrogen-bond acceptors (Lipinski definition) is 0. The predicted octanol–water partition coefficient (Wildman–Crippen LogP) is 4.93. The summed E-state index contributed by atoms with van der Waals surface area (Å²) >= 11 is 0. The van der Waals surface area contributed by atoms with Gasteiger partial charge in [-0.1, -0.05) is 25.7 Å². The van der Waals surface area contributed by atoms with E-state index in [9.17, 15) is 0 Å². The van der Waals surface area contributed by atoms with Crippen LogP contribution in [0, 0.1) is 23.2 Å². The normalized spacial score (nSPS) is 46.3. The van der Waals surface area contributed by atoms with Gasteiger partial charge in [-0.15, -0.1) is 0 Å². The lowest BCUT2D eigenvalue weighted by molar-refractivity contribution is -0.0546. The summed E-state index contributed by atoms with van der Waals surface area (Å²) in [5, 5.41) is 0. The van der Waals surface area contributed by atoms with Gasteiger partial charge in [0, 0.05) is 8.07 Å². The molecule has 0 aromatic heterocycles. The molecule has 0 heterocycles. The summed E-state index contributed by atoms with van der Waals surface area (Å²) in [5.74, 6) is 3.44. The van der Waals surface area contributed by atoms with Crippen molar-refractivity contribution >= 4 is 8.07 Å². The Morgan fingerprint density at radius 2 is 1.31 bits per heavy atom. The number of hydrogen-bond donors (Lipinski definition) is 0. The zero-order valence-corrected chi connectivity index (χ0v) is 12.4. The minimum Gasteiger partial charge on any atom is -0.0695 e. The molecule has 0 aromatic rings. The highest BCUT2D eigenvalue weighted by Crippen LogP contribution is 2.61. The highest BCUT2D eigenvalue weighted by atomic mass is 28.3. The summed E-state index contributed by atoms with van der Waals surface area (Å²) in [6.07, 6.45) is 11.2. The second kappa shape index (κ2) is 3.60. The Kier molecular flexibility index (Phi) is 2.55. The van der Waals surface area contributed by atoms with Gasteiger partial charge >= 0.3 is 0 Å². The Morgan fingerprint density at radius 3 is 1.69 bits per heavy atom. The van der Waals surface area contributed by atoms with E-state index in [0.29, 0.717) is 0 Å². The van der Waals surface area contributed by atoms with Gasteiger partial charge in [-0.2, -0.15) is 0 Å². The Bertz CT molecular complexity index is 238. The Balaban J connectivity index is 1.69. The van der Waals surface area contributed by atoms with Crippen LogP contribution in [0.25, 0.3) is 0 Å². The number of rotatable bonds is 3. The maximum Gasteiger partial charge on any atom is 0.0442 e. The van der Waals surface area contributed by atoms with E-state index in [2.05, 4.69) is 19.6 Å². The first-order chi connectivity index (χ1) is 7.44. The first kappa shape index (κ1) is 11.3. The molecule has 0 amide bonds. The molecular formula is C15H28Si. The second-order valence-corrected chi connectivity index (χ2v) is 14.1. The van der Waals surface area contributed by atoms with Crippen molar-refractivity contribution in [2.75, 3.05) is 0 Å². The van der Waals surface area contributed by atoms with Crippen molar-refractivity contribution in [1.29, 1.82) is 0 Å². The van der Waals surface area contributed by atoms with Crippen LogP contribution in [0.4, 0.5) is 0 Å². The average Bonchev–Trinajstić information content (AvgIpc) is 2.11. The largest absolute Gasteiger partial charge is 0.0695 e. The topological polar surface area (TPSA) is 0 Å². The average molecular weight is 236 g/mol. The fourth-order valence-corrected chi connectivity index (χ4v) is 6.52. The fraction of sp³-hybridized carbons (Fsp3) is 1.00. The SMILES string of the molecule is C[Si](C)(C)CCC12CC3CC(CC(C3)C1)C2. The van der Waals surface area contributed by atoms with Gasteiger partial charge in [0.1, 0.15) is 0 Å². The molecule has 0 aliphatic heterocycles. The standard InChI is InChI=1S/C15H28Si/c1-16(2,3)5-4-15-9-12-6-13(10-15)8-14(7-12)11-15/h12-14H,4-11H2,1-3H3. The fourth-order valence-electron chi connectivity index (χ4n) is 5.24.